The number of benzene rings is 1. The third-order valence-corrected chi connectivity index (χ3v) is 4.15. The molecule has 0 saturated carbocycles. The Balaban J connectivity index is 3.00. The lowest BCUT2D eigenvalue weighted by molar-refractivity contribution is -0.384. The lowest BCUT2D eigenvalue weighted by Crippen LogP contribution is -2.37. The molecular formula is C14H20ClN3O3. The Morgan fingerprint density at radius 3 is 2.52 bits per heavy atom. The Morgan fingerprint density at radius 2 is 2.05 bits per heavy atom. The standard InChI is InChI=1S/C14H20ClN3O3/c1-8(2)14(3,4)7-17-13(19)10-5-9(18(20)21)6-11(15)12(10)16/h5-6,8H,7,16H2,1-4H3,(H,17,19). The van der Waals surface area contributed by atoms with E-state index in [1.165, 1.54) is 0 Å². The summed E-state index contributed by atoms with van der Waals surface area (Å²) in [6, 6.07) is 2.27. The molecular weight excluding hydrogens is 294 g/mol. The lowest BCUT2D eigenvalue weighted by atomic mass is 9.81. The molecule has 7 heteroatoms. The molecule has 0 atom stereocenters. The molecule has 0 fully saturated rings. The summed E-state index contributed by atoms with van der Waals surface area (Å²) in [5, 5.41) is 13.6. The molecule has 0 aliphatic rings. The van der Waals surface area contributed by atoms with Gasteiger partial charge in [0.05, 0.1) is 21.2 Å². The van der Waals surface area contributed by atoms with Crippen LogP contribution in [0.3, 0.4) is 0 Å². The maximum Gasteiger partial charge on any atom is 0.271 e. The molecule has 0 unspecified atom stereocenters. The first-order valence-corrected chi connectivity index (χ1v) is 6.95. The van der Waals surface area contributed by atoms with E-state index in [2.05, 4.69) is 19.2 Å². The van der Waals surface area contributed by atoms with Gasteiger partial charge in [-0.3, -0.25) is 14.9 Å². The molecule has 6 nitrogen and oxygen atoms in total. The van der Waals surface area contributed by atoms with Crippen molar-refractivity contribution in [3.05, 3.63) is 32.8 Å². The molecule has 0 saturated heterocycles. The summed E-state index contributed by atoms with van der Waals surface area (Å²) in [6.45, 7) is 8.61. The Kier molecular flexibility index (Phi) is 5.17. The number of anilines is 1. The van der Waals surface area contributed by atoms with Crippen LogP contribution in [0, 0.1) is 21.4 Å². The zero-order valence-electron chi connectivity index (χ0n) is 12.6. The molecule has 3 N–H and O–H groups in total. The van der Waals surface area contributed by atoms with E-state index >= 15 is 0 Å². The van der Waals surface area contributed by atoms with Crippen LogP contribution < -0.4 is 11.1 Å². The highest BCUT2D eigenvalue weighted by molar-refractivity contribution is 6.34. The number of hydrogen-bond acceptors (Lipinski definition) is 4. The van der Waals surface area contributed by atoms with Crippen molar-refractivity contribution in [2.24, 2.45) is 11.3 Å². The highest BCUT2D eigenvalue weighted by atomic mass is 35.5. The van der Waals surface area contributed by atoms with Crippen LogP contribution in [0.4, 0.5) is 11.4 Å². The Labute approximate surface area is 128 Å². The molecule has 116 valence electrons. The number of carbonyl (C=O) groups excluding carboxylic acids is 1. The molecule has 0 heterocycles. The quantitative estimate of drug-likeness (QED) is 0.495. The molecule has 0 aliphatic heterocycles. The molecule has 0 radical (unpaired) electrons. The summed E-state index contributed by atoms with van der Waals surface area (Å²) < 4.78 is 0. The number of nitro groups is 1. The summed E-state index contributed by atoms with van der Waals surface area (Å²) in [7, 11) is 0. The van der Waals surface area contributed by atoms with Gasteiger partial charge >= 0.3 is 0 Å². The minimum Gasteiger partial charge on any atom is -0.397 e. The largest absolute Gasteiger partial charge is 0.397 e. The van der Waals surface area contributed by atoms with Crippen LogP contribution in [-0.2, 0) is 0 Å². The van der Waals surface area contributed by atoms with E-state index < -0.39 is 10.8 Å². The maximum absolute atomic E-state index is 12.2. The van der Waals surface area contributed by atoms with Gasteiger partial charge in [0.2, 0.25) is 0 Å². The second kappa shape index (κ2) is 6.30. The van der Waals surface area contributed by atoms with Gasteiger partial charge in [-0.1, -0.05) is 39.3 Å². The van der Waals surface area contributed by atoms with Crippen LogP contribution in [-0.4, -0.2) is 17.4 Å². The summed E-state index contributed by atoms with van der Waals surface area (Å²) >= 11 is 5.84. The number of nitrogens with zero attached hydrogens (tertiary/aromatic N) is 1. The molecule has 0 aliphatic carbocycles. The lowest BCUT2D eigenvalue weighted by Gasteiger charge is -2.29. The molecule has 0 spiro atoms. The predicted molar refractivity (Wildman–Crippen MR) is 83.5 cm³/mol. The summed E-state index contributed by atoms with van der Waals surface area (Å²) in [6.07, 6.45) is 0. The molecule has 0 aromatic heterocycles. The Morgan fingerprint density at radius 1 is 1.48 bits per heavy atom. The van der Waals surface area contributed by atoms with E-state index in [0.29, 0.717) is 12.5 Å². The van der Waals surface area contributed by atoms with Gasteiger partial charge < -0.3 is 11.1 Å². The zero-order chi connectivity index (χ0) is 16.4. The second-order valence-corrected chi connectivity index (χ2v) is 6.38. The van der Waals surface area contributed by atoms with Gasteiger partial charge in [0, 0.05) is 18.7 Å². The van der Waals surface area contributed by atoms with Gasteiger partial charge in [-0.25, -0.2) is 0 Å². The van der Waals surface area contributed by atoms with Crippen molar-refractivity contribution in [3.63, 3.8) is 0 Å². The van der Waals surface area contributed by atoms with E-state index in [1.807, 2.05) is 13.8 Å². The summed E-state index contributed by atoms with van der Waals surface area (Å²) in [4.78, 5) is 22.4. The molecule has 1 aromatic rings. The van der Waals surface area contributed by atoms with Crippen molar-refractivity contribution in [1.29, 1.82) is 0 Å². The van der Waals surface area contributed by atoms with Crippen molar-refractivity contribution in [3.8, 4) is 0 Å². The van der Waals surface area contributed by atoms with E-state index in [-0.39, 0.29) is 27.4 Å². The van der Waals surface area contributed by atoms with Crippen molar-refractivity contribution in [1.82, 2.24) is 5.32 Å². The molecule has 1 amide bonds. The number of nitro benzene ring substituents is 1. The molecule has 1 aromatic carbocycles. The monoisotopic (exact) mass is 313 g/mol. The minimum absolute atomic E-state index is 0.00234. The van der Waals surface area contributed by atoms with Gasteiger partial charge in [-0.15, -0.1) is 0 Å². The third-order valence-electron chi connectivity index (χ3n) is 3.84. The normalized spacial score (nSPS) is 11.5. The number of nitrogen functional groups attached to an aromatic ring is 1. The zero-order valence-corrected chi connectivity index (χ0v) is 13.3. The number of hydrogen-bond donors (Lipinski definition) is 2. The van der Waals surface area contributed by atoms with Gasteiger partial charge in [-0.2, -0.15) is 0 Å². The second-order valence-electron chi connectivity index (χ2n) is 5.97. The van der Waals surface area contributed by atoms with E-state index in [0.717, 1.165) is 12.1 Å². The van der Waals surface area contributed by atoms with Gasteiger partial charge in [0.15, 0.2) is 0 Å². The third kappa shape index (κ3) is 4.07. The van der Waals surface area contributed by atoms with Crippen molar-refractivity contribution >= 4 is 28.9 Å². The Bertz CT molecular complexity index is 571. The molecule has 21 heavy (non-hydrogen) atoms. The maximum atomic E-state index is 12.2. The van der Waals surface area contributed by atoms with Crippen LogP contribution in [0.1, 0.15) is 38.1 Å². The highest BCUT2D eigenvalue weighted by Gasteiger charge is 2.25. The smallest absolute Gasteiger partial charge is 0.271 e. The fourth-order valence-electron chi connectivity index (χ4n) is 1.50. The number of nitrogens with one attached hydrogen (secondary N) is 1. The topological polar surface area (TPSA) is 98.3 Å². The highest BCUT2D eigenvalue weighted by Crippen LogP contribution is 2.29. The average Bonchev–Trinajstić information content (AvgIpc) is 2.38. The van der Waals surface area contributed by atoms with Crippen LogP contribution in [0.15, 0.2) is 12.1 Å². The van der Waals surface area contributed by atoms with Crippen LogP contribution in [0.5, 0.6) is 0 Å². The predicted octanol–water partition coefficient (Wildman–Crippen LogP) is 3.24. The Hall–Kier alpha value is -1.82. The van der Waals surface area contributed by atoms with Gasteiger partial charge in [0.1, 0.15) is 0 Å². The number of carbonyl (C=O) groups is 1. The van der Waals surface area contributed by atoms with E-state index in [9.17, 15) is 14.9 Å². The molecule has 0 bridgehead atoms. The van der Waals surface area contributed by atoms with Gasteiger partial charge in [-0.05, 0) is 11.3 Å². The number of amides is 1. The number of rotatable bonds is 5. The van der Waals surface area contributed by atoms with Crippen molar-refractivity contribution in [2.75, 3.05) is 12.3 Å². The van der Waals surface area contributed by atoms with Crippen LogP contribution in [0.2, 0.25) is 5.02 Å². The number of nitrogens with two attached hydrogens (primary N) is 1. The van der Waals surface area contributed by atoms with E-state index in [1.54, 1.807) is 0 Å². The van der Waals surface area contributed by atoms with Crippen molar-refractivity contribution < 1.29 is 9.72 Å². The van der Waals surface area contributed by atoms with Crippen LogP contribution in [0.25, 0.3) is 0 Å². The average molecular weight is 314 g/mol. The minimum atomic E-state index is -0.611. The number of halogens is 1. The SMILES string of the molecule is CC(C)C(C)(C)CNC(=O)c1cc([N+](=O)[O-])cc(Cl)c1N. The van der Waals surface area contributed by atoms with Crippen molar-refractivity contribution in [2.45, 2.75) is 27.7 Å². The van der Waals surface area contributed by atoms with Gasteiger partial charge in [0.25, 0.3) is 11.6 Å². The summed E-state index contributed by atoms with van der Waals surface area (Å²) in [5.74, 6) is -0.101. The van der Waals surface area contributed by atoms with Crippen LogP contribution >= 0.6 is 11.6 Å². The fourth-order valence-corrected chi connectivity index (χ4v) is 1.72. The first kappa shape index (κ1) is 17.2. The molecule has 1 rings (SSSR count). The first-order valence-electron chi connectivity index (χ1n) is 6.58. The summed E-state index contributed by atoms with van der Waals surface area (Å²) in [5.41, 5.74) is 5.44. The number of non-ortho nitro benzene ring substituents is 1. The van der Waals surface area contributed by atoms with E-state index in [4.69, 9.17) is 17.3 Å². The first-order chi connectivity index (χ1) is 9.56. The fraction of sp³-hybridized carbons (Fsp3) is 0.500.